The van der Waals surface area contributed by atoms with Crippen molar-refractivity contribution >= 4 is 17.8 Å². The third-order valence-electron chi connectivity index (χ3n) is 4.50. The molecule has 132 valence electrons. The average Bonchev–Trinajstić information content (AvgIpc) is 2.95. The van der Waals surface area contributed by atoms with Crippen molar-refractivity contribution in [2.75, 3.05) is 44.8 Å². The van der Waals surface area contributed by atoms with Gasteiger partial charge in [0.05, 0.1) is 18.9 Å². The molecule has 2 amide bonds. The Morgan fingerprint density at radius 3 is 2.88 bits per heavy atom. The van der Waals surface area contributed by atoms with Crippen molar-refractivity contribution < 1.29 is 19.4 Å². The molecule has 24 heavy (non-hydrogen) atoms. The first-order chi connectivity index (χ1) is 11.5. The molecule has 2 aliphatic heterocycles. The number of rotatable bonds is 4. The zero-order chi connectivity index (χ0) is 17.1. The van der Waals surface area contributed by atoms with E-state index in [-0.39, 0.29) is 5.91 Å². The summed E-state index contributed by atoms with van der Waals surface area (Å²) >= 11 is 0. The molecule has 0 saturated carbocycles. The summed E-state index contributed by atoms with van der Waals surface area (Å²) in [5.41, 5.74) is 0.945. The number of ether oxygens (including phenoxy) is 1. The molecule has 0 aliphatic carbocycles. The van der Waals surface area contributed by atoms with Crippen LogP contribution in [0.3, 0.4) is 0 Å². The van der Waals surface area contributed by atoms with Gasteiger partial charge >= 0.3 is 6.09 Å². The van der Waals surface area contributed by atoms with Crippen LogP contribution in [-0.2, 0) is 22.5 Å². The summed E-state index contributed by atoms with van der Waals surface area (Å²) < 4.78 is 7.13. The zero-order valence-electron chi connectivity index (χ0n) is 13.8. The third-order valence-corrected chi connectivity index (χ3v) is 4.50. The molecule has 2 aliphatic rings. The highest BCUT2D eigenvalue weighted by atomic mass is 16.5. The molecule has 3 heterocycles. The third kappa shape index (κ3) is 3.68. The molecule has 1 fully saturated rings. The highest BCUT2D eigenvalue weighted by molar-refractivity contribution is 5.97. The van der Waals surface area contributed by atoms with E-state index in [2.05, 4.69) is 15.3 Å². The fourth-order valence-corrected chi connectivity index (χ4v) is 3.12. The van der Waals surface area contributed by atoms with Crippen LogP contribution in [0, 0.1) is 0 Å². The lowest BCUT2D eigenvalue weighted by Crippen LogP contribution is -2.46. The molecule has 3 rings (SSSR count). The number of anilines is 1. The van der Waals surface area contributed by atoms with Crippen molar-refractivity contribution in [1.82, 2.24) is 20.0 Å². The Morgan fingerprint density at radius 2 is 2.17 bits per heavy atom. The van der Waals surface area contributed by atoms with Gasteiger partial charge in [0, 0.05) is 45.7 Å². The minimum Gasteiger partial charge on any atom is -0.465 e. The largest absolute Gasteiger partial charge is 0.465 e. The van der Waals surface area contributed by atoms with Crippen LogP contribution < -0.4 is 10.2 Å². The van der Waals surface area contributed by atoms with Crippen LogP contribution in [0.5, 0.6) is 0 Å². The molecule has 0 aromatic carbocycles. The van der Waals surface area contributed by atoms with Crippen molar-refractivity contribution in [3.05, 3.63) is 11.8 Å². The molecule has 1 aromatic rings. The Hall–Kier alpha value is -2.13. The van der Waals surface area contributed by atoms with E-state index >= 15 is 0 Å². The lowest BCUT2D eigenvalue weighted by molar-refractivity contribution is -0.120. The van der Waals surface area contributed by atoms with Gasteiger partial charge in [-0.15, -0.1) is 0 Å². The van der Waals surface area contributed by atoms with E-state index in [1.54, 1.807) is 11.7 Å². The Morgan fingerprint density at radius 1 is 1.42 bits per heavy atom. The van der Waals surface area contributed by atoms with Crippen LogP contribution in [0.25, 0.3) is 0 Å². The number of morpholine rings is 1. The van der Waals surface area contributed by atoms with Gasteiger partial charge in [0.15, 0.2) is 0 Å². The van der Waals surface area contributed by atoms with Crippen molar-refractivity contribution in [2.45, 2.75) is 25.4 Å². The number of hydrogen-bond acceptors (Lipinski definition) is 5. The van der Waals surface area contributed by atoms with E-state index in [1.165, 1.54) is 4.90 Å². The Bertz CT molecular complexity index is 611. The van der Waals surface area contributed by atoms with Crippen molar-refractivity contribution in [3.8, 4) is 0 Å². The topological polar surface area (TPSA) is 99.9 Å². The monoisotopic (exact) mass is 337 g/mol. The second kappa shape index (κ2) is 7.18. The van der Waals surface area contributed by atoms with Crippen LogP contribution in [0.1, 0.15) is 12.1 Å². The van der Waals surface area contributed by atoms with E-state index < -0.39 is 12.1 Å². The maximum absolute atomic E-state index is 12.4. The maximum Gasteiger partial charge on any atom is 0.405 e. The highest BCUT2D eigenvalue weighted by Gasteiger charge is 2.30. The van der Waals surface area contributed by atoms with Crippen molar-refractivity contribution in [3.63, 3.8) is 0 Å². The van der Waals surface area contributed by atoms with Gasteiger partial charge < -0.3 is 15.2 Å². The number of likely N-dealkylation sites (N-methyl/N-ethyl adjacent to an activating group) is 1. The highest BCUT2D eigenvalue weighted by Crippen LogP contribution is 2.21. The summed E-state index contributed by atoms with van der Waals surface area (Å²) in [7, 11) is 1.66. The number of fused-ring (bicyclic) bond motifs is 1. The van der Waals surface area contributed by atoms with Gasteiger partial charge in [0.1, 0.15) is 11.9 Å². The fraction of sp³-hybridized carbons (Fsp3) is 0.667. The SMILES string of the molecule is CN1C(=O)C(NC(=O)O)CCn2nc(CCN3CCOCC3)cc21. The van der Waals surface area contributed by atoms with E-state index in [9.17, 15) is 9.59 Å². The van der Waals surface area contributed by atoms with E-state index in [0.29, 0.717) is 18.8 Å². The van der Waals surface area contributed by atoms with Gasteiger partial charge in [-0.25, -0.2) is 9.48 Å². The van der Waals surface area contributed by atoms with Crippen LogP contribution in [-0.4, -0.2) is 77.7 Å². The lowest BCUT2D eigenvalue weighted by Gasteiger charge is -2.26. The summed E-state index contributed by atoms with van der Waals surface area (Å²) in [5.74, 6) is 0.461. The van der Waals surface area contributed by atoms with Gasteiger partial charge in [0.2, 0.25) is 0 Å². The molecule has 2 N–H and O–H groups in total. The number of carbonyl (C=O) groups excluding carboxylic acids is 1. The number of carboxylic acid groups (broad SMARTS) is 1. The van der Waals surface area contributed by atoms with Gasteiger partial charge in [-0.1, -0.05) is 0 Å². The average molecular weight is 337 g/mol. The molecule has 9 nitrogen and oxygen atoms in total. The Kier molecular flexibility index (Phi) is 5.00. The molecule has 0 spiro atoms. The van der Waals surface area contributed by atoms with Gasteiger partial charge in [-0.3, -0.25) is 14.6 Å². The summed E-state index contributed by atoms with van der Waals surface area (Å²) in [6.45, 7) is 4.85. The number of carbonyl (C=O) groups is 2. The first-order valence-electron chi connectivity index (χ1n) is 8.18. The van der Waals surface area contributed by atoms with Crippen LogP contribution in [0.4, 0.5) is 10.6 Å². The van der Waals surface area contributed by atoms with Crippen LogP contribution in [0.2, 0.25) is 0 Å². The quantitative estimate of drug-likeness (QED) is 0.787. The number of nitrogens with zero attached hydrogens (tertiary/aromatic N) is 4. The number of amides is 2. The molecule has 0 bridgehead atoms. The molecule has 1 unspecified atom stereocenters. The minimum absolute atomic E-state index is 0.254. The molecule has 0 radical (unpaired) electrons. The van der Waals surface area contributed by atoms with Gasteiger partial charge in [-0.05, 0) is 6.42 Å². The van der Waals surface area contributed by atoms with Gasteiger partial charge in [0.25, 0.3) is 5.91 Å². The van der Waals surface area contributed by atoms with E-state index in [0.717, 1.165) is 45.0 Å². The maximum atomic E-state index is 12.4. The summed E-state index contributed by atoms with van der Waals surface area (Å²) in [5, 5.41) is 15.7. The Balaban J connectivity index is 1.65. The van der Waals surface area contributed by atoms with E-state index in [4.69, 9.17) is 9.84 Å². The molecule has 1 atom stereocenters. The number of hydrogen-bond donors (Lipinski definition) is 2. The van der Waals surface area contributed by atoms with E-state index in [1.807, 2.05) is 6.07 Å². The number of aryl methyl sites for hydroxylation is 1. The Labute approximate surface area is 140 Å². The molecular weight excluding hydrogens is 314 g/mol. The second-order valence-corrected chi connectivity index (χ2v) is 6.11. The first kappa shape index (κ1) is 16.7. The van der Waals surface area contributed by atoms with Gasteiger partial charge in [-0.2, -0.15) is 5.10 Å². The predicted molar refractivity (Wildman–Crippen MR) is 86.2 cm³/mol. The second-order valence-electron chi connectivity index (χ2n) is 6.11. The van der Waals surface area contributed by atoms with Crippen LogP contribution in [0.15, 0.2) is 6.07 Å². The number of nitrogens with one attached hydrogen (secondary N) is 1. The normalized spacial score (nSPS) is 22.1. The predicted octanol–water partition coefficient (Wildman–Crippen LogP) is -0.239. The molecule has 9 heteroatoms. The lowest BCUT2D eigenvalue weighted by atomic mass is 10.2. The fourth-order valence-electron chi connectivity index (χ4n) is 3.12. The molecule has 1 saturated heterocycles. The zero-order valence-corrected chi connectivity index (χ0v) is 13.8. The van der Waals surface area contributed by atoms with Crippen molar-refractivity contribution in [2.24, 2.45) is 0 Å². The van der Waals surface area contributed by atoms with Crippen LogP contribution >= 0.6 is 0 Å². The minimum atomic E-state index is -1.19. The summed E-state index contributed by atoms with van der Waals surface area (Å²) in [6, 6.07) is 1.19. The molecule has 1 aromatic heterocycles. The summed E-state index contributed by atoms with van der Waals surface area (Å²) in [6.07, 6.45) is 0.0267. The molecular formula is C15H23N5O4. The number of aromatic nitrogens is 2. The standard InChI is InChI=1S/C15H23N5O4/c1-18-13-10-11(2-4-19-6-8-24-9-7-19)17-20(13)5-3-12(14(18)21)16-15(22)23/h10,12,16H,2-9H2,1H3,(H,22,23). The first-order valence-corrected chi connectivity index (χ1v) is 8.18. The van der Waals surface area contributed by atoms with Crippen molar-refractivity contribution in [1.29, 1.82) is 0 Å². The summed E-state index contributed by atoms with van der Waals surface area (Å²) in [4.78, 5) is 27.0. The smallest absolute Gasteiger partial charge is 0.405 e.